The van der Waals surface area contributed by atoms with Crippen molar-refractivity contribution in [3.63, 3.8) is 0 Å². The molecule has 1 amide bonds. The molecular formula is C14H16N4OS2. The number of anilines is 1. The molecule has 4 heterocycles. The predicted octanol–water partition coefficient (Wildman–Crippen LogP) is 1.94. The van der Waals surface area contributed by atoms with Gasteiger partial charge in [-0.1, -0.05) is 0 Å². The van der Waals surface area contributed by atoms with Gasteiger partial charge in [0, 0.05) is 43.4 Å². The van der Waals surface area contributed by atoms with Gasteiger partial charge in [0.05, 0.1) is 0 Å². The Bertz CT molecular complexity index is 675. The molecule has 0 spiro atoms. The topological polar surface area (TPSA) is 49.3 Å². The number of carbonyl (C=O) groups is 1. The van der Waals surface area contributed by atoms with Crippen LogP contribution < -0.4 is 4.90 Å². The summed E-state index contributed by atoms with van der Waals surface area (Å²) >= 11 is 3.35. The summed E-state index contributed by atoms with van der Waals surface area (Å²) in [6, 6.07) is 2.09. The molecule has 5 nitrogen and oxygen atoms in total. The van der Waals surface area contributed by atoms with E-state index in [0.29, 0.717) is 11.8 Å². The minimum Gasteiger partial charge on any atom is -0.345 e. The van der Waals surface area contributed by atoms with Gasteiger partial charge in [-0.15, -0.1) is 23.1 Å². The molecule has 2 aromatic heterocycles. The number of carbonyl (C=O) groups excluding carboxylic acids is 1. The molecule has 7 heteroatoms. The van der Waals surface area contributed by atoms with E-state index in [-0.39, 0.29) is 0 Å². The normalized spacial score (nSPS) is 24.8. The highest BCUT2D eigenvalue weighted by atomic mass is 32.2. The van der Waals surface area contributed by atoms with Gasteiger partial charge < -0.3 is 9.80 Å². The lowest BCUT2D eigenvalue weighted by atomic mass is 10.0. The number of rotatable bonds is 3. The minimum atomic E-state index is 0.565. The molecule has 0 radical (unpaired) electrons. The number of likely N-dealkylation sites (tertiary alicyclic amines) is 1. The van der Waals surface area contributed by atoms with Crippen LogP contribution in [0.3, 0.4) is 0 Å². The van der Waals surface area contributed by atoms with Gasteiger partial charge in [-0.25, -0.2) is 9.97 Å². The number of fused-ring (bicyclic) bond motifs is 2. The van der Waals surface area contributed by atoms with E-state index in [2.05, 4.69) is 22.6 Å². The van der Waals surface area contributed by atoms with E-state index in [1.54, 1.807) is 23.1 Å². The highest BCUT2D eigenvalue weighted by molar-refractivity contribution is 7.98. The summed E-state index contributed by atoms with van der Waals surface area (Å²) in [7, 11) is 0. The van der Waals surface area contributed by atoms with Crippen LogP contribution in [0, 0.1) is 11.8 Å². The number of thiophene rings is 1. The van der Waals surface area contributed by atoms with Crippen molar-refractivity contribution in [2.75, 3.05) is 37.3 Å². The zero-order chi connectivity index (χ0) is 14.4. The molecule has 0 N–H and O–H groups in total. The molecule has 0 aliphatic carbocycles. The Labute approximate surface area is 131 Å². The molecular weight excluding hydrogens is 304 g/mol. The lowest BCUT2D eigenvalue weighted by Gasteiger charge is -2.19. The summed E-state index contributed by atoms with van der Waals surface area (Å²) in [6.07, 6.45) is 3.03. The van der Waals surface area contributed by atoms with Gasteiger partial charge in [0.1, 0.15) is 9.86 Å². The smallest absolute Gasteiger partial charge is 0.227 e. The minimum absolute atomic E-state index is 0.565. The van der Waals surface area contributed by atoms with Crippen LogP contribution in [0.4, 0.5) is 5.95 Å². The van der Waals surface area contributed by atoms with E-state index in [0.717, 1.165) is 53.8 Å². The summed E-state index contributed by atoms with van der Waals surface area (Å²) in [5.41, 5.74) is 0. The summed E-state index contributed by atoms with van der Waals surface area (Å²) in [5, 5.41) is 4.29. The molecule has 21 heavy (non-hydrogen) atoms. The Balaban J connectivity index is 1.62. The van der Waals surface area contributed by atoms with Crippen LogP contribution in [0.15, 0.2) is 16.5 Å². The van der Waals surface area contributed by atoms with Gasteiger partial charge in [-0.3, -0.25) is 4.79 Å². The van der Waals surface area contributed by atoms with Gasteiger partial charge in [0.25, 0.3) is 0 Å². The highest BCUT2D eigenvalue weighted by Crippen LogP contribution is 2.35. The van der Waals surface area contributed by atoms with E-state index in [1.165, 1.54) is 0 Å². The van der Waals surface area contributed by atoms with Gasteiger partial charge in [0.2, 0.25) is 12.4 Å². The fraction of sp³-hybridized carbons (Fsp3) is 0.500. The standard InChI is InChI=1S/C14H16N4OS2/c1-20-12-11-2-3-21-13(11)16-14(15-12)18-6-9-4-17(8-19)5-10(9)7-18/h2-3,8-10H,4-7H2,1H3/t9-,10+. The van der Waals surface area contributed by atoms with Crippen LogP contribution in [0.25, 0.3) is 10.2 Å². The monoisotopic (exact) mass is 320 g/mol. The predicted molar refractivity (Wildman–Crippen MR) is 86.0 cm³/mol. The van der Waals surface area contributed by atoms with Crippen molar-refractivity contribution < 1.29 is 4.79 Å². The van der Waals surface area contributed by atoms with Crippen LogP contribution in [-0.2, 0) is 4.79 Å². The summed E-state index contributed by atoms with van der Waals surface area (Å²) < 4.78 is 0. The van der Waals surface area contributed by atoms with Crippen molar-refractivity contribution in [2.45, 2.75) is 5.03 Å². The molecule has 110 valence electrons. The third-order valence-corrected chi connectivity index (χ3v) is 5.92. The van der Waals surface area contributed by atoms with E-state index in [4.69, 9.17) is 9.97 Å². The van der Waals surface area contributed by atoms with Crippen LogP contribution in [0.1, 0.15) is 0 Å². The van der Waals surface area contributed by atoms with Crippen molar-refractivity contribution in [3.8, 4) is 0 Å². The molecule has 0 unspecified atom stereocenters. The third-order valence-electron chi connectivity index (χ3n) is 4.42. The maximum absolute atomic E-state index is 10.9. The molecule has 4 rings (SSSR count). The maximum atomic E-state index is 10.9. The van der Waals surface area contributed by atoms with Gasteiger partial charge in [0.15, 0.2) is 0 Å². The number of amides is 1. The number of aromatic nitrogens is 2. The average Bonchev–Trinajstić information content (AvgIpc) is 3.18. The Morgan fingerprint density at radius 3 is 2.71 bits per heavy atom. The largest absolute Gasteiger partial charge is 0.345 e. The fourth-order valence-electron chi connectivity index (χ4n) is 3.39. The molecule has 0 saturated carbocycles. The molecule has 0 aromatic carbocycles. The summed E-state index contributed by atoms with van der Waals surface area (Å²) in [4.78, 5) is 25.6. The number of hydrogen-bond donors (Lipinski definition) is 0. The Morgan fingerprint density at radius 1 is 1.29 bits per heavy atom. The Morgan fingerprint density at radius 2 is 2.05 bits per heavy atom. The van der Waals surface area contributed by atoms with E-state index in [1.807, 2.05) is 4.90 Å². The fourth-order valence-corrected chi connectivity index (χ4v) is 4.77. The number of thioether (sulfide) groups is 1. The van der Waals surface area contributed by atoms with E-state index in [9.17, 15) is 4.79 Å². The third kappa shape index (κ3) is 2.19. The van der Waals surface area contributed by atoms with Gasteiger partial charge in [-0.05, 0) is 17.7 Å². The SMILES string of the molecule is CSc1nc(N2C[C@H]3CN(C=O)C[C@H]3C2)nc2sccc12. The van der Waals surface area contributed by atoms with Crippen molar-refractivity contribution >= 4 is 45.7 Å². The quantitative estimate of drug-likeness (QED) is 0.491. The zero-order valence-electron chi connectivity index (χ0n) is 11.7. The molecule has 2 fully saturated rings. The average molecular weight is 320 g/mol. The first-order valence-electron chi connectivity index (χ1n) is 7.02. The molecule has 2 aromatic rings. The second kappa shape index (κ2) is 5.14. The molecule has 2 aliphatic heterocycles. The first-order chi connectivity index (χ1) is 10.3. The zero-order valence-corrected chi connectivity index (χ0v) is 13.4. The maximum Gasteiger partial charge on any atom is 0.227 e. The summed E-state index contributed by atoms with van der Waals surface area (Å²) in [6.45, 7) is 3.67. The molecule has 0 bridgehead atoms. The van der Waals surface area contributed by atoms with E-state index < -0.39 is 0 Å². The van der Waals surface area contributed by atoms with Crippen LogP contribution in [0.5, 0.6) is 0 Å². The van der Waals surface area contributed by atoms with Crippen LogP contribution in [0.2, 0.25) is 0 Å². The lowest BCUT2D eigenvalue weighted by molar-refractivity contribution is -0.117. The lowest BCUT2D eigenvalue weighted by Crippen LogP contribution is -2.29. The molecule has 2 atom stereocenters. The van der Waals surface area contributed by atoms with Gasteiger partial charge >= 0.3 is 0 Å². The first-order valence-corrected chi connectivity index (χ1v) is 9.12. The number of hydrogen-bond acceptors (Lipinski definition) is 6. The number of nitrogens with zero attached hydrogens (tertiary/aromatic N) is 4. The van der Waals surface area contributed by atoms with E-state index >= 15 is 0 Å². The van der Waals surface area contributed by atoms with Crippen LogP contribution in [-0.4, -0.2) is 53.7 Å². The van der Waals surface area contributed by atoms with Gasteiger partial charge in [-0.2, -0.15) is 0 Å². The second-order valence-corrected chi connectivity index (χ2v) is 7.35. The van der Waals surface area contributed by atoms with Crippen LogP contribution >= 0.6 is 23.1 Å². The highest BCUT2D eigenvalue weighted by Gasteiger charge is 2.40. The Hall–Kier alpha value is -1.34. The first kappa shape index (κ1) is 13.3. The molecule has 2 saturated heterocycles. The molecule has 2 aliphatic rings. The second-order valence-electron chi connectivity index (χ2n) is 5.66. The summed E-state index contributed by atoms with van der Waals surface area (Å²) in [5.74, 6) is 1.98. The van der Waals surface area contributed by atoms with Crippen molar-refractivity contribution in [1.29, 1.82) is 0 Å². The van der Waals surface area contributed by atoms with Crippen molar-refractivity contribution in [3.05, 3.63) is 11.4 Å². The van der Waals surface area contributed by atoms with Crippen molar-refractivity contribution in [2.24, 2.45) is 11.8 Å². The van der Waals surface area contributed by atoms with Crippen molar-refractivity contribution in [1.82, 2.24) is 14.9 Å². The Kier molecular flexibility index (Phi) is 3.26.